The van der Waals surface area contributed by atoms with Crippen molar-refractivity contribution >= 4 is 27.5 Å². The minimum Gasteiger partial charge on any atom is -0.507 e. The zero-order valence-electron chi connectivity index (χ0n) is 12.8. The average Bonchev–Trinajstić information content (AvgIpc) is 2.55. The van der Waals surface area contributed by atoms with Crippen LogP contribution in [0, 0.1) is 0 Å². The Labute approximate surface area is 143 Å². The van der Waals surface area contributed by atoms with Crippen molar-refractivity contribution in [1.82, 2.24) is 5.43 Å². The van der Waals surface area contributed by atoms with Gasteiger partial charge in [0.25, 0.3) is 5.91 Å². The van der Waals surface area contributed by atoms with E-state index < -0.39 is 5.91 Å². The largest absolute Gasteiger partial charge is 0.507 e. The van der Waals surface area contributed by atoms with Crippen molar-refractivity contribution in [1.29, 1.82) is 0 Å². The highest BCUT2D eigenvalue weighted by atomic mass is 79.9. The fourth-order valence-electron chi connectivity index (χ4n) is 1.91. The molecular formula is C17H17BrN2O3. The van der Waals surface area contributed by atoms with Crippen LogP contribution >= 0.6 is 15.9 Å². The van der Waals surface area contributed by atoms with E-state index in [4.69, 9.17) is 4.74 Å². The summed E-state index contributed by atoms with van der Waals surface area (Å²) in [5.74, 6) is 0.209. The molecule has 2 aromatic rings. The number of halogens is 1. The Morgan fingerprint density at radius 2 is 1.96 bits per heavy atom. The summed E-state index contributed by atoms with van der Waals surface area (Å²) in [6.07, 6.45) is 0. The van der Waals surface area contributed by atoms with E-state index in [0.717, 1.165) is 11.3 Å². The quantitative estimate of drug-likeness (QED) is 0.617. The van der Waals surface area contributed by atoms with Crippen molar-refractivity contribution in [3.63, 3.8) is 0 Å². The second-order valence-corrected chi connectivity index (χ2v) is 5.67. The normalized spacial score (nSPS) is 11.2. The molecule has 0 saturated heterocycles. The number of nitrogens with zero attached hydrogens (tertiary/aromatic N) is 1. The molecule has 0 aromatic heterocycles. The maximum Gasteiger partial charge on any atom is 0.275 e. The van der Waals surface area contributed by atoms with Gasteiger partial charge < -0.3 is 9.84 Å². The van der Waals surface area contributed by atoms with E-state index in [2.05, 4.69) is 26.5 Å². The SMILES string of the molecule is CCOc1ccc(/C(C)=N\NC(=O)c2cc(Br)ccc2O)cc1. The van der Waals surface area contributed by atoms with Gasteiger partial charge in [0.1, 0.15) is 11.5 Å². The first-order chi connectivity index (χ1) is 11.0. The third-order valence-corrected chi connectivity index (χ3v) is 3.60. The van der Waals surface area contributed by atoms with Gasteiger partial charge in [-0.3, -0.25) is 4.79 Å². The first-order valence-electron chi connectivity index (χ1n) is 7.07. The van der Waals surface area contributed by atoms with E-state index in [1.165, 1.54) is 12.1 Å². The summed E-state index contributed by atoms with van der Waals surface area (Å²) in [7, 11) is 0. The Hall–Kier alpha value is -2.34. The van der Waals surface area contributed by atoms with Gasteiger partial charge in [-0.2, -0.15) is 5.10 Å². The number of hydrazone groups is 1. The number of amides is 1. The van der Waals surface area contributed by atoms with Gasteiger partial charge in [-0.15, -0.1) is 0 Å². The number of rotatable bonds is 5. The van der Waals surface area contributed by atoms with Gasteiger partial charge in [-0.25, -0.2) is 5.43 Å². The molecule has 0 spiro atoms. The molecule has 0 saturated carbocycles. The lowest BCUT2D eigenvalue weighted by molar-refractivity contribution is 0.0952. The summed E-state index contributed by atoms with van der Waals surface area (Å²) < 4.78 is 6.08. The summed E-state index contributed by atoms with van der Waals surface area (Å²) >= 11 is 3.26. The van der Waals surface area contributed by atoms with Crippen LogP contribution in [0.25, 0.3) is 0 Å². The fourth-order valence-corrected chi connectivity index (χ4v) is 2.27. The van der Waals surface area contributed by atoms with Crippen molar-refractivity contribution in [2.24, 2.45) is 5.10 Å². The van der Waals surface area contributed by atoms with Crippen molar-refractivity contribution in [2.75, 3.05) is 6.61 Å². The van der Waals surface area contributed by atoms with Crippen molar-refractivity contribution < 1.29 is 14.6 Å². The number of aromatic hydroxyl groups is 1. The Bertz CT molecular complexity index is 727. The molecular weight excluding hydrogens is 360 g/mol. The monoisotopic (exact) mass is 376 g/mol. The lowest BCUT2D eigenvalue weighted by Gasteiger charge is -2.06. The molecule has 5 nitrogen and oxygen atoms in total. The molecule has 6 heteroatoms. The van der Waals surface area contributed by atoms with E-state index in [1.54, 1.807) is 13.0 Å². The predicted octanol–water partition coefficient (Wildman–Crippen LogP) is 3.71. The molecule has 0 aliphatic carbocycles. The Balaban J connectivity index is 2.09. The standard InChI is InChI=1S/C17H17BrN2O3/c1-3-23-14-7-4-12(5-8-14)11(2)19-20-17(22)15-10-13(18)6-9-16(15)21/h4-10,21H,3H2,1-2H3,(H,20,22)/b19-11-. The summed E-state index contributed by atoms with van der Waals surface area (Å²) in [4.78, 5) is 12.1. The number of benzene rings is 2. The molecule has 0 atom stereocenters. The van der Waals surface area contributed by atoms with Crippen LogP contribution in [0.2, 0.25) is 0 Å². The summed E-state index contributed by atoms with van der Waals surface area (Å²) in [5.41, 5.74) is 4.11. The van der Waals surface area contributed by atoms with Crippen LogP contribution in [0.1, 0.15) is 29.8 Å². The van der Waals surface area contributed by atoms with Crippen LogP contribution in [0.3, 0.4) is 0 Å². The summed E-state index contributed by atoms with van der Waals surface area (Å²) in [6, 6.07) is 12.1. The Kier molecular flexibility index (Phi) is 5.76. The number of hydrogen-bond donors (Lipinski definition) is 2. The molecule has 0 unspecified atom stereocenters. The number of phenols is 1. The van der Waals surface area contributed by atoms with Crippen LogP contribution in [-0.4, -0.2) is 23.3 Å². The third-order valence-electron chi connectivity index (χ3n) is 3.11. The third kappa shape index (κ3) is 4.56. The zero-order chi connectivity index (χ0) is 16.8. The second-order valence-electron chi connectivity index (χ2n) is 4.76. The van der Waals surface area contributed by atoms with E-state index in [0.29, 0.717) is 16.8 Å². The number of phenolic OH excluding ortho intramolecular Hbond substituents is 1. The lowest BCUT2D eigenvalue weighted by Crippen LogP contribution is -2.19. The van der Waals surface area contributed by atoms with Gasteiger partial charge >= 0.3 is 0 Å². The molecule has 2 aromatic carbocycles. The Morgan fingerprint density at radius 3 is 2.61 bits per heavy atom. The van der Waals surface area contributed by atoms with Crippen LogP contribution < -0.4 is 10.2 Å². The molecule has 1 amide bonds. The zero-order valence-corrected chi connectivity index (χ0v) is 14.4. The molecule has 2 rings (SSSR count). The number of hydrogen-bond acceptors (Lipinski definition) is 4. The van der Waals surface area contributed by atoms with Crippen LogP contribution in [-0.2, 0) is 0 Å². The van der Waals surface area contributed by atoms with E-state index in [9.17, 15) is 9.90 Å². The number of carbonyl (C=O) groups is 1. The van der Waals surface area contributed by atoms with Crippen LogP contribution in [0.5, 0.6) is 11.5 Å². The molecule has 23 heavy (non-hydrogen) atoms. The van der Waals surface area contributed by atoms with Gasteiger partial charge in [0.2, 0.25) is 0 Å². The van der Waals surface area contributed by atoms with Crippen molar-refractivity contribution in [3.8, 4) is 11.5 Å². The first kappa shape index (κ1) is 17.0. The highest BCUT2D eigenvalue weighted by molar-refractivity contribution is 9.10. The topological polar surface area (TPSA) is 70.9 Å². The fraction of sp³-hybridized carbons (Fsp3) is 0.176. The molecule has 2 N–H and O–H groups in total. The average molecular weight is 377 g/mol. The number of nitrogens with one attached hydrogen (secondary N) is 1. The molecule has 120 valence electrons. The van der Waals surface area contributed by atoms with Crippen molar-refractivity contribution in [2.45, 2.75) is 13.8 Å². The smallest absolute Gasteiger partial charge is 0.275 e. The summed E-state index contributed by atoms with van der Waals surface area (Å²) in [6.45, 7) is 4.32. The van der Waals surface area contributed by atoms with Crippen LogP contribution in [0.4, 0.5) is 0 Å². The Morgan fingerprint density at radius 1 is 1.26 bits per heavy atom. The van der Waals surface area contributed by atoms with E-state index in [1.807, 2.05) is 31.2 Å². The lowest BCUT2D eigenvalue weighted by atomic mass is 10.1. The number of ether oxygens (including phenoxy) is 1. The van der Waals surface area contributed by atoms with E-state index >= 15 is 0 Å². The van der Waals surface area contributed by atoms with Crippen molar-refractivity contribution in [3.05, 3.63) is 58.1 Å². The molecule has 0 bridgehead atoms. The maximum atomic E-state index is 12.1. The molecule has 0 aliphatic rings. The van der Waals surface area contributed by atoms with Gasteiger partial charge in [0.15, 0.2) is 0 Å². The minimum absolute atomic E-state index is 0.0976. The molecule has 0 fully saturated rings. The molecule has 0 radical (unpaired) electrons. The van der Waals surface area contributed by atoms with Gasteiger partial charge in [0, 0.05) is 4.47 Å². The molecule has 0 aliphatic heterocycles. The van der Waals surface area contributed by atoms with Gasteiger partial charge in [-0.05, 0) is 61.9 Å². The summed E-state index contributed by atoms with van der Waals surface area (Å²) in [5, 5.41) is 13.8. The second kappa shape index (κ2) is 7.78. The number of carbonyl (C=O) groups excluding carboxylic acids is 1. The van der Waals surface area contributed by atoms with Gasteiger partial charge in [0.05, 0.1) is 17.9 Å². The van der Waals surface area contributed by atoms with E-state index in [-0.39, 0.29) is 11.3 Å². The maximum absolute atomic E-state index is 12.1. The highest BCUT2D eigenvalue weighted by Crippen LogP contribution is 2.21. The van der Waals surface area contributed by atoms with Gasteiger partial charge in [-0.1, -0.05) is 15.9 Å². The first-order valence-corrected chi connectivity index (χ1v) is 7.87. The van der Waals surface area contributed by atoms with Crippen LogP contribution in [0.15, 0.2) is 52.0 Å². The predicted molar refractivity (Wildman–Crippen MR) is 93.1 cm³/mol. The minimum atomic E-state index is -0.478. The highest BCUT2D eigenvalue weighted by Gasteiger charge is 2.11. The molecule has 0 heterocycles.